The van der Waals surface area contributed by atoms with Gasteiger partial charge >= 0.3 is 0 Å². The molecule has 0 aliphatic rings. The van der Waals surface area contributed by atoms with E-state index in [2.05, 4.69) is 0 Å². The van der Waals surface area contributed by atoms with Crippen LogP contribution in [0.15, 0.2) is 0 Å². The van der Waals surface area contributed by atoms with Crippen LogP contribution >= 0.6 is 0 Å². The number of rotatable bonds is 2. The molecule has 9 heavy (non-hydrogen) atoms. The number of quaternary nitrogens is 2. The molecule has 0 atom stereocenters. The molecule has 8 N–H and O–H groups in total. The Hall–Kier alpha value is 0.460. The van der Waals surface area contributed by atoms with Crippen LogP contribution in [0.2, 0.25) is 0 Å². The van der Waals surface area contributed by atoms with E-state index >= 15 is 0 Å². The molecule has 3 nitrogen and oxygen atoms in total. The van der Waals surface area contributed by atoms with E-state index in [0.717, 1.165) is 13.2 Å². The van der Waals surface area contributed by atoms with Gasteiger partial charge in [-0.2, -0.15) is 0 Å². The molecule has 0 aromatic heterocycles. The molecule has 0 rings (SSSR count). The Labute approximate surface area is 69.5 Å². The van der Waals surface area contributed by atoms with Crippen molar-refractivity contribution in [3.63, 3.8) is 0 Å². The van der Waals surface area contributed by atoms with Crippen molar-refractivity contribution in [2.45, 2.75) is 13.8 Å². The van der Waals surface area contributed by atoms with Gasteiger partial charge in [0.15, 0.2) is 0 Å². The third-order valence-electron chi connectivity index (χ3n) is 0.408. The van der Waals surface area contributed by atoms with E-state index < -0.39 is 0 Å². The molecule has 0 saturated heterocycles. The molecule has 0 aromatic rings. The summed E-state index contributed by atoms with van der Waals surface area (Å²) in [5.41, 5.74) is 0. The summed E-state index contributed by atoms with van der Waals surface area (Å²) in [6.07, 6.45) is 0. The first-order chi connectivity index (χ1) is 2.41. The second-order valence-electron chi connectivity index (χ2n) is 0.781. The zero-order chi connectivity index (χ0) is 4.12. The maximum absolute atomic E-state index is 4.83. The molecule has 0 spiro atoms. The molecule has 0 saturated carbocycles. The van der Waals surface area contributed by atoms with Crippen LogP contribution in [-0.4, -0.2) is 13.2 Å². The fourth-order valence-corrected chi connectivity index (χ4v) is 0.204. The molecule has 0 aliphatic carbocycles. The standard InChI is InChI=1S/C4H10O.2ClH.2H3N/c1-3-5-4-2;;;;/h3-4H2,1-2H3;2*1H;2*1H3. The van der Waals surface area contributed by atoms with Gasteiger partial charge in [-0.05, 0) is 13.8 Å². The van der Waals surface area contributed by atoms with Crippen molar-refractivity contribution in [1.29, 1.82) is 0 Å². The average Bonchev–Trinajstić information content (AvgIpc) is 1.41. The summed E-state index contributed by atoms with van der Waals surface area (Å²) < 4.78 is 4.83. The minimum atomic E-state index is 0. The molecule has 0 fully saturated rings. The van der Waals surface area contributed by atoms with Gasteiger partial charge in [0.05, 0.1) is 0 Å². The molecule has 0 unspecified atom stereocenters. The summed E-state index contributed by atoms with van der Waals surface area (Å²) in [5.74, 6) is 0. The molecule has 5 heteroatoms. The van der Waals surface area contributed by atoms with Crippen LogP contribution in [0, 0.1) is 0 Å². The van der Waals surface area contributed by atoms with Crippen LogP contribution in [0.5, 0.6) is 0 Å². The van der Waals surface area contributed by atoms with Gasteiger partial charge in [-0.15, -0.1) is 0 Å². The topological polar surface area (TPSA) is 82.2 Å². The Balaban J connectivity index is -0.0000000133. The highest BCUT2D eigenvalue weighted by atomic mass is 35.5. The molecule has 0 radical (unpaired) electrons. The predicted molar refractivity (Wildman–Crippen MR) is 34.1 cm³/mol. The van der Waals surface area contributed by atoms with Gasteiger partial charge in [0.25, 0.3) is 0 Å². The van der Waals surface area contributed by atoms with Gasteiger partial charge in [0.1, 0.15) is 0 Å². The van der Waals surface area contributed by atoms with E-state index in [1.54, 1.807) is 0 Å². The highest BCUT2D eigenvalue weighted by Crippen LogP contribution is 1.64. The van der Waals surface area contributed by atoms with Crippen LogP contribution in [0.3, 0.4) is 0 Å². The molecule has 0 heterocycles. The minimum Gasteiger partial charge on any atom is -1.00 e. The van der Waals surface area contributed by atoms with Crippen molar-refractivity contribution in [3.05, 3.63) is 0 Å². The Morgan fingerprint density at radius 2 is 1.11 bits per heavy atom. The van der Waals surface area contributed by atoms with E-state index in [9.17, 15) is 0 Å². The molecule has 0 aromatic carbocycles. The molecule has 64 valence electrons. The van der Waals surface area contributed by atoms with Crippen molar-refractivity contribution in [2.24, 2.45) is 0 Å². The summed E-state index contributed by atoms with van der Waals surface area (Å²) in [5, 5.41) is 0. The zero-order valence-electron chi connectivity index (χ0n) is 6.58. The Kier molecular flexibility index (Phi) is 149. The number of ether oxygens (including phenoxy) is 1. The van der Waals surface area contributed by atoms with E-state index in [0.29, 0.717) is 0 Å². The first-order valence-corrected chi connectivity index (χ1v) is 1.99. The second kappa shape index (κ2) is 39.3. The lowest BCUT2D eigenvalue weighted by Crippen LogP contribution is -3.00. The summed E-state index contributed by atoms with van der Waals surface area (Å²) >= 11 is 0. The van der Waals surface area contributed by atoms with Gasteiger partial charge in [-0.1, -0.05) is 0 Å². The van der Waals surface area contributed by atoms with E-state index in [1.807, 2.05) is 13.8 Å². The largest absolute Gasteiger partial charge is 1.00 e. The van der Waals surface area contributed by atoms with Crippen LogP contribution in [-0.2, 0) is 4.74 Å². The lowest BCUT2D eigenvalue weighted by atomic mass is 10.8. The molecular formula is C4H18Cl2N2O. The summed E-state index contributed by atoms with van der Waals surface area (Å²) in [7, 11) is 0. The molecule has 0 amide bonds. The van der Waals surface area contributed by atoms with Crippen LogP contribution in [0.25, 0.3) is 0 Å². The number of hydrogen-bond acceptors (Lipinski definition) is 1. The van der Waals surface area contributed by atoms with Crippen LogP contribution in [0.4, 0.5) is 0 Å². The average molecular weight is 181 g/mol. The van der Waals surface area contributed by atoms with Crippen LogP contribution in [0.1, 0.15) is 13.8 Å². The minimum absolute atomic E-state index is 0. The highest BCUT2D eigenvalue weighted by Gasteiger charge is 1.64. The van der Waals surface area contributed by atoms with E-state index in [-0.39, 0.29) is 37.1 Å². The maximum atomic E-state index is 4.83. The summed E-state index contributed by atoms with van der Waals surface area (Å²) in [6.45, 7) is 5.67. The first kappa shape index (κ1) is 34.0. The fourth-order valence-electron chi connectivity index (χ4n) is 0.204. The van der Waals surface area contributed by atoms with E-state index in [1.165, 1.54) is 0 Å². The SMILES string of the molecule is CCOCC.[Cl-].[Cl-].[NH4+].[NH4+]. The van der Waals surface area contributed by atoms with E-state index in [4.69, 9.17) is 4.74 Å². The van der Waals surface area contributed by atoms with Crippen molar-refractivity contribution < 1.29 is 29.6 Å². The quantitative estimate of drug-likeness (QED) is 0.445. The first-order valence-electron chi connectivity index (χ1n) is 1.99. The smallest absolute Gasteiger partial charge is 0.0437 e. The lowest BCUT2D eigenvalue weighted by Gasteiger charge is -1.86. The summed E-state index contributed by atoms with van der Waals surface area (Å²) in [4.78, 5) is 0. The van der Waals surface area contributed by atoms with Gasteiger partial charge in [-0.3, -0.25) is 0 Å². The van der Waals surface area contributed by atoms with Crippen LogP contribution < -0.4 is 37.1 Å². The zero-order valence-corrected chi connectivity index (χ0v) is 8.09. The third-order valence-corrected chi connectivity index (χ3v) is 0.408. The lowest BCUT2D eigenvalue weighted by molar-refractivity contribution is -0.001000. The van der Waals surface area contributed by atoms with Gasteiger partial charge in [0.2, 0.25) is 0 Å². The van der Waals surface area contributed by atoms with Crippen molar-refractivity contribution in [1.82, 2.24) is 12.3 Å². The maximum Gasteiger partial charge on any atom is 0.0437 e. The van der Waals surface area contributed by atoms with Gasteiger partial charge in [-0.25, -0.2) is 0 Å². The number of halogens is 2. The Morgan fingerprint density at radius 1 is 0.889 bits per heavy atom. The molecule has 0 aliphatic heterocycles. The monoisotopic (exact) mass is 180 g/mol. The molecular weight excluding hydrogens is 163 g/mol. The predicted octanol–water partition coefficient (Wildman–Crippen LogP) is -4.20. The molecule has 0 bridgehead atoms. The number of hydrogen-bond donors (Lipinski definition) is 2. The Bertz CT molecular complexity index is 24.0. The van der Waals surface area contributed by atoms with Gasteiger partial charge < -0.3 is 41.9 Å². The summed E-state index contributed by atoms with van der Waals surface area (Å²) in [6, 6.07) is 0. The van der Waals surface area contributed by atoms with Crippen molar-refractivity contribution >= 4 is 0 Å². The third kappa shape index (κ3) is 58.3. The second-order valence-corrected chi connectivity index (χ2v) is 0.781. The van der Waals surface area contributed by atoms with Gasteiger partial charge in [0, 0.05) is 13.2 Å². The Morgan fingerprint density at radius 3 is 1.11 bits per heavy atom. The normalized spacial score (nSPS) is 4.67. The highest BCUT2D eigenvalue weighted by molar-refractivity contribution is 4.07. The van der Waals surface area contributed by atoms with Crippen molar-refractivity contribution in [2.75, 3.05) is 13.2 Å². The fraction of sp³-hybridized carbons (Fsp3) is 1.00. The van der Waals surface area contributed by atoms with Crippen molar-refractivity contribution in [3.8, 4) is 0 Å².